The summed E-state index contributed by atoms with van der Waals surface area (Å²) in [6.45, 7) is 14.3. The number of fused-ring (bicyclic) bond motifs is 11. The van der Waals surface area contributed by atoms with Crippen LogP contribution in [0.1, 0.15) is 74.9 Å². The van der Waals surface area contributed by atoms with Gasteiger partial charge in [-0.25, -0.2) is 0 Å². The first kappa shape index (κ1) is 42.5. The highest BCUT2D eigenvalue weighted by Crippen LogP contribution is 2.55. The fourth-order valence-corrected chi connectivity index (χ4v) is 13.1. The molecule has 10 aromatic carbocycles. The Hall–Kier alpha value is -8.40. The van der Waals surface area contributed by atoms with Crippen molar-refractivity contribution >= 4 is 55.9 Å². The zero-order chi connectivity index (χ0) is 48.7. The van der Waals surface area contributed by atoms with Crippen LogP contribution in [0.2, 0.25) is 0 Å². The maximum Gasteiger partial charge on any atom is 0.0582 e. The molecule has 0 spiro atoms. The number of hydrogen-bond donors (Lipinski definition) is 0. The minimum Gasteiger partial charge on any atom is -0.310 e. The van der Waals surface area contributed by atoms with Crippen molar-refractivity contribution in [1.82, 2.24) is 4.57 Å². The summed E-state index contributed by atoms with van der Waals surface area (Å²) >= 11 is 0. The molecule has 2 aliphatic carbocycles. The highest BCUT2D eigenvalue weighted by Gasteiger charge is 2.39. The van der Waals surface area contributed by atoms with Gasteiger partial charge in [0, 0.05) is 61.1 Å². The van der Waals surface area contributed by atoms with E-state index in [9.17, 15) is 0 Å². The van der Waals surface area contributed by atoms with Crippen LogP contribution in [-0.4, -0.2) is 4.57 Å². The molecule has 3 nitrogen and oxygen atoms in total. The van der Waals surface area contributed by atoms with Gasteiger partial charge in [0.25, 0.3) is 0 Å². The van der Waals surface area contributed by atoms with Crippen LogP contribution in [0.15, 0.2) is 224 Å². The van der Waals surface area contributed by atoms with Crippen molar-refractivity contribution in [2.75, 3.05) is 9.80 Å². The summed E-state index contributed by atoms with van der Waals surface area (Å²) in [6, 6.07) is 84.2. The molecule has 14 rings (SSSR count). The summed E-state index contributed by atoms with van der Waals surface area (Å²) in [5.74, 6) is 0. The molecule has 3 heteroatoms. The van der Waals surface area contributed by atoms with E-state index in [2.05, 4.69) is 280 Å². The molecule has 1 aromatic heterocycles. The Kier molecular flexibility index (Phi) is 9.03. The Labute approximate surface area is 422 Å². The maximum absolute atomic E-state index is 2.52. The molecule has 0 N–H and O–H groups in total. The molecule has 3 aliphatic rings. The van der Waals surface area contributed by atoms with E-state index in [0.717, 1.165) is 39.7 Å². The van der Waals surface area contributed by atoms with E-state index in [1.165, 1.54) is 88.7 Å². The molecule has 0 amide bonds. The molecule has 0 radical (unpaired) electrons. The van der Waals surface area contributed by atoms with Crippen molar-refractivity contribution < 1.29 is 0 Å². The van der Waals surface area contributed by atoms with Gasteiger partial charge in [-0.3, -0.25) is 0 Å². The van der Waals surface area contributed by atoms with E-state index in [4.69, 9.17) is 0 Å². The smallest absolute Gasteiger partial charge is 0.0582 e. The van der Waals surface area contributed by atoms with Crippen molar-refractivity contribution in [3.8, 4) is 39.1 Å². The minimum absolute atomic E-state index is 0.163. The number of anilines is 6. The molecule has 0 atom stereocenters. The van der Waals surface area contributed by atoms with Crippen LogP contribution in [-0.2, 0) is 16.2 Å². The first-order chi connectivity index (χ1) is 35.0. The Morgan fingerprint density at radius 1 is 0.292 bits per heavy atom. The van der Waals surface area contributed by atoms with Crippen molar-refractivity contribution in [3.63, 3.8) is 0 Å². The van der Waals surface area contributed by atoms with Gasteiger partial charge < -0.3 is 14.4 Å². The quantitative estimate of drug-likeness (QED) is 0.158. The molecule has 0 bridgehead atoms. The van der Waals surface area contributed by atoms with Crippen LogP contribution >= 0.6 is 0 Å². The standard InChI is InChI=1S/C69H55N3/c1-67(2)58-28-16-13-25-52(58)54-35-33-48(42-61(54)67)70(46-21-9-7-10-22-46)50-37-44(45-39-57-56-27-15-19-31-64(56)72-65-32-20-18-30-60(65)69(5,6)63(40-45)66(57)72)38-51(41-50)71(47-23-11-8-12-24-47)49-34-36-55-53-26-14-17-29-59(53)68(3,4)62(55)43-49/h7-43H,1-6H3. The lowest BCUT2D eigenvalue weighted by Crippen LogP contribution is -2.26. The fourth-order valence-electron chi connectivity index (χ4n) is 13.1. The van der Waals surface area contributed by atoms with E-state index in [-0.39, 0.29) is 16.2 Å². The predicted molar refractivity (Wildman–Crippen MR) is 303 cm³/mol. The highest BCUT2D eigenvalue weighted by atomic mass is 15.2. The summed E-state index contributed by atoms with van der Waals surface area (Å²) in [5, 5.41) is 2.54. The van der Waals surface area contributed by atoms with Crippen molar-refractivity contribution in [3.05, 3.63) is 258 Å². The fraction of sp³-hybridized carbons (Fsp3) is 0.130. The average molecular weight is 926 g/mol. The zero-order valence-electron chi connectivity index (χ0n) is 41.7. The molecular weight excluding hydrogens is 871 g/mol. The van der Waals surface area contributed by atoms with Crippen LogP contribution in [0.4, 0.5) is 34.1 Å². The SMILES string of the molecule is CC1(C)c2ccccc2-c2ccc(N(c3ccccc3)c3cc(-c4cc5c6c(c4)c4ccccc4n6-c4ccccc4C5(C)C)cc(N(c4ccccc4)c4ccc5c(c4)C(C)(C)c4ccccc4-5)c3)cc21. The van der Waals surface area contributed by atoms with Gasteiger partial charge in [0.05, 0.1) is 16.7 Å². The topological polar surface area (TPSA) is 11.4 Å². The highest BCUT2D eigenvalue weighted by molar-refractivity contribution is 6.13. The van der Waals surface area contributed by atoms with E-state index >= 15 is 0 Å². The number of nitrogens with zero attached hydrogens (tertiary/aromatic N) is 3. The van der Waals surface area contributed by atoms with Gasteiger partial charge in [-0.1, -0.05) is 175 Å². The van der Waals surface area contributed by atoms with Crippen LogP contribution in [0.5, 0.6) is 0 Å². The summed E-state index contributed by atoms with van der Waals surface area (Å²) in [6.07, 6.45) is 0. The minimum atomic E-state index is -0.259. The van der Waals surface area contributed by atoms with Crippen molar-refractivity contribution in [2.45, 2.75) is 57.8 Å². The molecule has 0 saturated carbocycles. The third kappa shape index (κ3) is 6.04. The lowest BCUT2D eigenvalue weighted by atomic mass is 9.74. The van der Waals surface area contributed by atoms with Crippen LogP contribution in [0, 0.1) is 0 Å². The molecule has 0 saturated heterocycles. The lowest BCUT2D eigenvalue weighted by molar-refractivity contribution is 0.630. The van der Waals surface area contributed by atoms with Gasteiger partial charge in [0.2, 0.25) is 0 Å². The summed E-state index contributed by atoms with van der Waals surface area (Å²) in [5.41, 5.74) is 25.5. The van der Waals surface area contributed by atoms with Gasteiger partial charge in [-0.05, 0) is 158 Å². The third-order valence-corrected chi connectivity index (χ3v) is 16.7. The number of para-hydroxylation sites is 4. The number of rotatable bonds is 7. The van der Waals surface area contributed by atoms with Gasteiger partial charge in [0.1, 0.15) is 0 Å². The third-order valence-electron chi connectivity index (χ3n) is 16.7. The Morgan fingerprint density at radius 3 is 1.31 bits per heavy atom. The number of aromatic nitrogens is 1. The second-order valence-corrected chi connectivity index (χ2v) is 21.8. The molecule has 2 heterocycles. The second kappa shape index (κ2) is 15.3. The van der Waals surface area contributed by atoms with Gasteiger partial charge in [0.15, 0.2) is 0 Å². The van der Waals surface area contributed by atoms with Crippen molar-refractivity contribution in [1.29, 1.82) is 0 Å². The first-order valence-electron chi connectivity index (χ1n) is 25.5. The Morgan fingerprint density at radius 2 is 0.736 bits per heavy atom. The number of benzene rings is 10. The normalized spacial score (nSPS) is 14.9. The maximum atomic E-state index is 2.52. The van der Waals surface area contributed by atoms with Crippen LogP contribution in [0.3, 0.4) is 0 Å². The Balaban J connectivity index is 1.05. The second-order valence-electron chi connectivity index (χ2n) is 21.8. The molecular formula is C69H55N3. The molecule has 346 valence electrons. The zero-order valence-corrected chi connectivity index (χ0v) is 41.7. The van der Waals surface area contributed by atoms with E-state index < -0.39 is 0 Å². The van der Waals surface area contributed by atoms with Gasteiger partial charge >= 0.3 is 0 Å². The van der Waals surface area contributed by atoms with Crippen molar-refractivity contribution in [2.24, 2.45) is 0 Å². The predicted octanol–water partition coefficient (Wildman–Crippen LogP) is 18.6. The monoisotopic (exact) mass is 925 g/mol. The average Bonchev–Trinajstić information content (AvgIpc) is 3.95. The molecule has 0 unspecified atom stereocenters. The molecule has 1 aliphatic heterocycles. The van der Waals surface area contributed by atoms with E-state index in [1.807, 2.05) is 0 Å². The van der Waals surface area contributed by atoms with Crippen LogP contribution < -0.4 is 9.80 Å². The van der Waals surface area contributed by atoms with E-state index in [1.54, 1.807) is 0 Å². The summed E-state index contributed by atoms with van der Waals surface area (Å²) < 4.78 is 2.52. The molecule has 0 fully saturated rings. The summed E-state index contributed by atoms with van der Waals surface area (Å²) in [4.78, 5) is 4.96. The summed E-state index contributed by atoms with van der Waals surface area (Å²) in [7, 11) is 0. The largest absolute Gasteiger partial charge is 0.310 e. The molecule has 72 heavy (non-hydrogen) atoms. The lowest BCUT2D eigenvalue weighted by Gasteiger charge is -2.35. The van der Waals surface area contributed by atoms with Crippen LogP contribution in [0.25, 0.3) is 60.9 Å². The molecule has 11 aromatic rings. The van der Waals surface area contributed by atoms with Gasteiger partial charge in [-0.2, -0.15) is 0 Å². The van der Waals surface area contributed by atoms with Gasteiger partial charge in [-0.15, -0.1) is 0 Å². The first-order valence-corrected chi connectivity index (χ1v) is 25.5. The number of hydrogen-bond acceptors (Lipinski definition) is 2. The van der Waals surface area contributed by atoms with E-state index in [0.29, 0.717) is 0 Å². The Bertz CT molecular complexity index is 3850.